The SMILES string of the molecule is Cc1cc2ncnc(N3CCC(COP(=O)(O)O)CC3)c2cc1C. The molecule has 0 aliphatic carbocycles. The molecule has 24 heavy (non-hydrogen) atoms. The van der Waals surface area contributed by atoms with Crippen molar-refractivity contribution in [3.05, 3.63) is 29.6 Å². The van der Waals surface area contributed by atoms with E-state index in [0.29, 0.717) is 0 Å². The molecule has 2 aromatic rings. The molecule has 8 heteroatoms. The minimum absolute atomic E-state index is 0.0982. The first-order valence-electron chi connectivity index (χ1n) is 8.00. The zero-order valence-electron chi connectivity index (χ0n) is 13.8. The number of hydrogen-bond acceptors (Lipinski definition) is 5. The standard InChI is InChI=1S/C16H22N3O4P/c1-11-7-14-15(8-12(11)2)17-10-18-16(14)19-5-3-13(4-6-19)9-23-24(20,21)22/h7-8,10,13H,3-6,9H2,1-2H3,(H2,20,21,22). The van der Waals surface area contributed by atoms with Crippen molar-refractivity contribution >= 4 is 24.5 Å². The molecule has 2 N–H and O–H groups in total. The van der Waals surface area contributed by atoms with Crippen molar-refractivity contribution in [3.8, 4) is 0 Å². The predicted octanol–water partition coefficient (Wildman–Crippen LogP) is 2.57. The van der Waals surface area contributed by atoms with E-state index in [0.717, 1.165) is 42.7 Å². The number of phosphoric ester groups is 1. The van der Waals surface area contributed by atoms with E-state index in [2.05, 4.69) is 45.4 Å². The average molecular weight is 351 g/mol. The Bertz CT molecular complexity index is 784. The van der Waals surface area contributed by atoms with Gasteiger partial charge in [-0.2, -0.15) is 0 Å². The van der Waals surface area contributed by atoms with Crippen molar-refractivity contribution in [2.24, 2.45) is 5.92 Å². The second-order valence-corrected chi connectivity index (χ2v) is 7.61. The molecular weight excluding hydrogens is 329 g/mol. The number of benzene rings is 1. The van der Waals surface area contributed by atoms with Crippen LogP contribution in [-0.2, 0) is 9.09 Å². The second kappa shape index (κ2) is 6.76. The summed E-state index contributed by atoms with van der Waals surface area (Å²) in [5, 5.41) is 1.05. The van der Waals surface area contributed by atoms with E-state index in [1.807, 2.05) is 0 Å². The molecule has 0 unspecified atom stereocenters. The van der Waals surface area contributed by atoms with Crippen LogP contribution in [0.2, 0.25) is 0 Å². The van der Waals surface area contributed by atoms with Crippen LogP contribution >= 0.6 is 7.82 Å². The summed E-state index contributed by atoms with van der Waals surface area (Å²) < 4.78 is 15.4. The van der Waals surface area contributed by atoms with Gasteiger partial charge in [-0.3, -0.25) is 4.52 Å². The molecule has 1 saturated heterocycles. The van der Waals surface area contributed by atoms with Crippen LogP contribution < -0.4 is 4.90 Å². The molecular formula is C16H22N3O4P. The molecule has 1 fully saturated rings. The fraction of sp³-hybridized carbons (Fsp3) is 0.500. The fourth-order valence-corrected chi connectivity index (χ4v) is 3.47. The van der Waals surface area contributed by atoms with E-state index in [4.69, 9.17) is 9.79 Å². The summed E-state index contributed by atoms with van der Waals surface area (Å²) >= 11 is 0. The van der Waals surface area contributed by atoms with Gasteiger partial charge in [-0.25, -0.2) is 14.5 Å². The van der Waals surface area contributed by atoms with Gasteiger partial charge in [0.25, 0.3) is 0 Å². The van der Waals surface area contributed by atoms with Crippen molar-refractivity contribution in [1.29, 1.82) is 0 Å². The van der Waals surface area contributed by atoms with Gasteiger partial charge < -0.3 is 14.7 Å². The topological polar surface area (TPSA) is 95.8 Å². The molecule has 0 bridgehead atoms. The number of phosphoric acid groups is 1. The van der Waals surface area contributed by atoms with Crippen LogP contribution in [0, 0.1) is 19.8 Å². The van der Waals surface area contributed by atoms with Gasteiger partial charge in [0.05, 0.1) is 12.1 Å². The smallest absolute Gasteiger partial charge is 0.356 e. The van der Waals surface area contributed by atoms with Gasteiger partial charge in [0.1, 0.15) is 12.1 Å². The van der Waals surface area contributed by atoms with Gasteiger partial charge in [-0.05, 0) is 55.9 Å². The summed E-state index contributed by atoms with van der Waals surface area (Å²) in [7, 11) is -4.38. The largest absolute Gasteiger partial charge is 0.469 e. The quantitative estimate of drug-likeness (QED) is 0.817. The highest BCUT2D eigenvalue weighted by atomic mass is 31.2. The molecule has 0 atom stereocenters. The first-order valence-corrected chi connectivity index (χ1v) is 9.53. The Hall–Kier alpha value is -1.53. The molecule has 0 spiro atoms. The first-order chi connectivity index (χ1) is 11.3. The van der Waals surface area contributed by atoms with E-state index in [9.17, 15) is 4.57 Å². The van der Waals surface area contributed by atoms with Crippen LogP contribution in [0.25, 0.3) is 10.9 Å². The van der Waals surface area contributed by atoms with Crippen molar-refractivity contribution < 1.29 is 18.9 Å². The number of hydrogen-bond donors (Lipinski definition) is 2. The summed E-state index contributed by atoms with van der Waals surface area (Å²) in [4.78, 5) is 28.7. The monoisotopic (exact) mass is 351 g/mol. The molecule has 0 saturated carbocycles. The molecule has 3 rings (SSSR count). The third-order valence-corrected chi connectivity index (χ3v) is 5.11. The summed E-state index contributed by atoms with van der Waals surface area (Å²) in [6, 6.07) is 4.21. The maximum atomic E-state index is 10.8. The highest BCUT2D eigenvalue weighted by Gasteiger charge is 2.24. The second-order valence-electron chi connectivity index (χ2n) is 6.37. The zero-order valence-corrected chi connectivity index (χ0v) is 14.7. The first kappa shape index (κ1) is 17.3. The highest BCUT2D eigenvalue weighted by molar-refractivity contribution is 7.46. The molecule has 7 nitrogen and oxygen atoms in total. The Labute approximate surface area is 140 Å². The molecule has 1 aromatic carbocycles. The highest BCUT2D eigenvalue weighted by Crippen LogP contribution is 2.37. The van der Waals surface area contributed by atoms with Gasteiger partial charge in [-0.1, -0.05) is 0 Å². The summed E-state index contributed by atoms with van der Waals surface area (Å²) in [5.74, 6) is 1.09. The average Bonchev–Trinajstić information content (AvgIpc) is 2.53. The predicted molar refractivity (Wildman–Crippen MR) is 91.9 cm³/mol. The third-order valence-electron chi connectivity index (χ3n) is 4.62. The van der Waals surface area contributed by atoms with E-state index >= 15 is 0 Å². The Kier molecular flexibility index (Phi) is 4.88. The normalized spacial score (nSPS) is 16.8. The lowest BCUT2D eigenvalue weighted by molar-refractivity contribution is 0.156. The van der Waals surface area contributed by atoms with Crippen molar-refractivity contribution in [2.75, 3.05) is 24.6 Å². The van der Waals surface area contributed by atoms with E-state index in [1.165, 1.54) is 11.1 Å². The molecule has 130 valence electrons. The number of nitrogens with zero attached hydrogens (tertiary/aromatic N) is 3. The number of aryl methyl sites for hydroxylation is 2. The number of piperidine rings is 1. The minimum atomic E-state index is -4.38. The van der Waals surface area contributed by atoms with Crippen LogP contribution in [0.1, 0.15) is 24.0 Å². The van der Waals surface area contributed by atoms with Crippen LogP contribution in [-0.4, -0.2) is 39.5 Å². The summed E-state index contributed by atoms with van der Waals surface area (Å²) in [6.07, 6.45) is 3.22. The zero-order chi connectivity index (χ0) is 17.3. The molecule has 0 amide bonds. The maximum absolute atomic E-state index is 10.8. The van der Waals surface area contributed by atoms with E-state index in [-0.39, 0.29) is 12.5 Å². The van der Waals surface area contributed by atoms with Crippen LogP contribution in [0.15, 0.2) is 18.5 Å². The van der Waals surface area contributed by atoms with Gasteiger partial charge >= 0.3 is 7.82 Å². The lowest BCUT2D eigenvalue weighted by Gasteiger charge is -2.33. The van der Waals surface area contributed by atoms with Gasteiger partial charge in [0.15, 0.2) is 0 Å². The number of fused-ring (bicyclic) bond motifs is 1. The van der Waals surface area contributed by atoms with E-state index < -0.39 is 7.82 Å². The van der Waals surface area contributed by atoms with Crippen molar-refractivity contribution in [1.82, 2.24) is 9.97 Å². The number of anilines is 1. The van der Waals surface area contributed by atoms with Gasteiger partial charge in [-0.15, -0.1) is 0 Å². The van der Waals surface area contributed by atoms with Crippen LogP contribution in [0.5, 0.6) is 0 Å². The molecule has 1 aromatic heterocycles. The number of aromatic nitrogens is 2. The summed E-state index contributed by atoms with van der Waals surface area (Å²) in [6.45, 7) is 5.82. The fourth-order valence-electron chi connectivity index (χ4n) is 3.07. The Morgan fingerprint density at radius 3 is 2.54 bits per heavy atom. The molecule has 1 aliphatic rings. The number of rotatable bonds is 4. The molecule has 1 aliphatic heterocycles. The lowest BCUT2D eigenvalue weighted by Crippen LogP contribution is -2.35. The third kappa shape index (κ3) is 3.92. The van der Waals surface area contributed by atoms with Gasteiger partial charge in [0, 0.05) is 18.5 Å². The van der Waals surface area contributed by atoms with E-state index in [1.54, 1.807) is 6.33 Å². The van der Waals surface area contributed by atoms with Crippen molar-refractivity contribution in [3.63, 3.8) is 0 Å². The van der Waals surface area contributed by atoms with Gasteiger partial charge in [0.2, 0.25) is 0 Å². The van der Waals surface area contributed by atoms with Crippen molar-refractivity contribution in [2.45, 2.75) is 26.7 Å². The minimum Gasteiger partial charge on any atom is -0.356 e. The summed E-state index contributed by atoms with van der Waals surface area (Å²) in [5.41, 5.74) is 3.36. The lowest BCUT2D eigenvalue weighted by atomic mass is 9.97. The van der Waals surface area contributed by atoms with Crippen LogP contribution in [0.3, 0.4) is 0 Å². The molecule has 0 radical (unpaired) electrons. The maximum Gasteiger partial charge on any atom is 0.469 e. The molecule has 2 heterocycles. The Morgan fingerprint density at radius 2 is 1.88 bits per heavy atom. The Balaban J connectivity index is 1.74. The Morgan fingerprint density at radius 1 is 1.21 bits per heavy atom. The van der Waals surface area contributed by atoms with Crippen LogP contribution in [0.4, 0.5) is 5.82 Å².